The molecule has 1 heterocycles. The molecule has 0 saturated carbocycles. The first-order valence-corrected chi connectivity index (χ1v) is 11.0. The van der Waals surface area contributed by atoms with Crippen LogP contribution < -0.4 is 10.0 Å². The van der Waals surface area contributed by atoms with Gasteiger partial charge in [0, 0.05) is 16.8 Å². The van der Waals surface area contributed by atoms with Gasteiger partial charge in [-0.3, -0.25) is 9.52 Å². The number of amides is 1. The van der Waals surface area contributed by atoms with Crippen molar-refractivity contribution in [2.45, 2.75) is 4.90 Å². The van der Waals surface area contributed by atoms with Crippen molar-refractivity contribution in [2.24, 2.45) is 0 Å². The van der Waals surface area contributed by atoms with E-state index in [1.165, 1.54) is 42.7 Å². The molecular weight excluding hydrogens is 428 g/mol. The molecular formula is C23H18N4O4S. The van der Waals surface area contributed by atoms with Crippen LogP contribution in [-0.4, -0.2) is 29.4 Å². The van der Waals surface area contributed by atoms with Crippen LogP contribution >= 0.6 is 0 Å². The fourth-order valence-corrected chi connectivity index (χ4v) is 3.95. The molecule has 0 unspecified atom stereocenters. The van der Waals surface area contributed by atoms with Crippen molar-refractivity contribution >= 4 is 27.3 Å². The maximum atomic E-state index is 12.5. The zero-order chi connectivity index (χ0) is 22.6. The Morgan fingerprint density at radius 2 is 1.50 bits per heavy atom. The zero-order valence-corrected chi connectivity index (χ0v) is 17.5. The van der Waals surface area contributed by atoms with Crippen molar-refractivity contribution in [3.05, 3.63) is 96.8 Å². The van der Waals surface area contributed by atoms with Crippen molar-refractivity contribution in [1.82, 2.24) is 9.97 Å². The largest absolute Gasteiger partial charge is 0.508 e. The molecule has 0 radical (unpaired) electrons. The van der Waals surface area contributed by atoms with Gasteiger partial charge in [-0.2, -0.15) is 0 Å². The molecule has 0 spiro atoms. The van der Waals surface area contributed by atoms with Crippen LogP contribution in [-0.2, 0) is 10.0 Å². The summed E-state index contributed by atoms with van der Waals surface area (Å²) in [6.45, 7) is 0. The minimum absolute atomic E-state index is 0.0386. The van der Waals surface area contributed by atoms with Crippen molar-refractivity contribution in [3.63, 3.8) is 0 Å². The van der Waals surface area contributed by atoms with E-state index in [0.717, 1.165) is 0 Å². The molecule has 1 aromatic heterocycles. The Kier molecular flexibility index (Phi) is 5.82. The van der Waals surface area contributed by atoms with Crippen LogP contribution in [0.1, 0.15) is 10.4 Å². The Labute approximate surface area is 184 Å². The van der Waals surface area contributed by atoms with Gasteiger partial charge in [0.15, 0.2) is 5.82 Å². The molecule has 0 aliphatic heterocycles. The second-order valence-corrected chi connectivity index (χ2v) is 8.48. The van der Waals surface area contributed by atoms with Gasteiger partial charge in [0.25, 0.3) is 15.9 Å². The van der Waals surface area contributed by atoms with E-state index in [-0.39, 0.29) is 16.2 Å². The van der Waals surface area contributed by atoms with Gasteiger partial charge in [-0.1, -0.05) is 30.3 Å². The van der Waals surface area contributed by atoms with Gasteiger partial charge in [0.05, 0.1) is 23.0 Å². The molecule has 1 amide bonds. The van der Waals surface area contributed by atoms with E-state index in [2.05, 4.69) is 20.0 Å². The molecule has 3 aromatic carbocycles. The zero-order valence-electron chi connectivity index (χ0n) is 16.6. The number of phenolic OH excluding ortho intramolecular Hbond substituents is 1. The first-order valence-electron chi connectivity index (χ1n) is 9.51. The second-order valence-electron chi connectivity index (χ2n) is 6.80. The molecule has 0 saturated heterocycles. The van der Waals surface area contributed by atoms with Gasteiger partial charge in [0.1, 0.15) is 5.75 Å². The number of hydrogen-bond acceptors (Lipinski definition) is 6. The third kappa shape index (κ3) is 4.90. The first kappa shape index (κ1) is 21.0. The van der Waals surface area contributed by atoms with Gasteiger partial charge >= 0.3 is 0 Å². The topological polar surface area (TPSA) is 121 Å². The number of anilines is 2. The molecule has 0 atom stereocenters. The highest BCUT2D eigenvalue weighted by atomic mass is 32.2. The molecule has 4 rings (SSSR count). The molecule has 0 aliphatic rings. The number of rotatable bonds is 6. The number of aromatic nitrogens is 2. The first-order chi connectivity index (χ1) is 15.4. The van der Waals surface area contributed by atoms with Gasteiger partial charge < -0.3 is 10.4 Å². The molecule has 4 aromatic rings. The van der Waals surface area contributed by atoms with E-state index in [4.69, 9.17) is 0 Å². The van der Waals surface area contributed by atoms with E-state index < -0.39 is 15.9 Å². The van der Waals surface area contributed by atoms with Crippen LogP contribution in [0.3, 0.4) is 0 Å². The van der Waals surface area contributed by atoms with Crippen molar-refractivity contribution < 1.29 is 18.3 Å². The summed E-state index contributed by atoms with van der Waals surface area (Å²) in [6, 6.07) is 20.6. The molecule has 32 heavy (non-hydrogen) atoms. The molecule has 8 nitrogen and oxygen atoms in total. The molecule has 0 fully saturated rings. The fourth-order valence-electron chi connectivity index (χ4n) is 2.90. The quantitative estimate of drug-likeness (QED) is 0.413. The van der Waals surface area contributed by atoms with Gasteiger partial charge in [-0.15, -0.1) is 0 Å². The molecule has 3 N–H and O–H groups in total. The van der Waals surface area contributed by atoms with Crippen LogP contribution in [0.4, 0.5) is 11.4 Å². The molecule has 0 aliphatic carbocycles. The number of nitrogens with zero attached hydrogens (tertiary/aromatic N) is 2. The Morgan fingerprint density at radius 3 is 2.16 bits per heavy atom. The number of aromatic hydroxyl groups is 1. The summed E-state index contributed by atoms with van der Waals surface area (Å²) in [5.41, 5.74) is 1.74. The SMILES string of the molecule is O=C(Nc1cnc(-c2cccc(O)c2)nc1)c1ccc(S(=O)(=O)Nc2ccccc2)cc1. The van der Waals surface area contributed by atoms with Crippen LogP contribution in [0.2, 0.25) is 0 Å². The summed E-state index contributed by atoms with van der Waals surface area (Å²) in [7, 11) is -3.77. The average molecular weight is 446 g/mol. The third-order valence-corrected chi connectivity index (χ3v) is 5.86. The number of carbonyl (C=O) groups excluding carboxylic acids is 1. The normalized spacial score (nSPS) is 11.0. The highest BCUT2D eigenvalue weighted by molar-refractivity contribution is 7.92. The lowest BCUT2D eigenvalue weighted by Gasteiger charge is -2.09. The Bertz CT molecular complexity index is 1340. The van der Waals surface area contributed by atoms with Gasteiger partial charge in [-0.25, -0.2) is 18.4 Å². The number of phenols is 1. The monoisotopic (exact) mass is 446 g/mol. The summed E-state index contributed by atoms with van der Waals surface area (Å²) < 4.78 is 27.5. The lowest BCUT2D eigenvalue weighted by atomic mass is 10.2. The number of benzene rings is 3. The van der Waals surface area contributed by atoms with Crippen molar-refractivity contribution in [1.29, 1.82) is 0 Å². The second kappa shape index (κ2) is 8.86. The van der Waals surface area contributed by atoms with E-state index in [0.29, 0.717) is 22.8 Å². The van der Waals surface area contributed by atoms with Gasteiger partial charge in [-0.05, 0) is 48.5 Å². The molecule has 9 heteroatoms. The summed E-state index contributed by atoms with van der Waals surface area (Å²) in [5, 5.41) is 12.2. The number of hydrogen-bond donors (Lipinski definition) is 3. The van der Waals surface area contributed by atoms with E-state index >= 15 is 0 Å². The Morgan fingerprint density at radius 1 is 0.812 bits per heavy atom. The third-order valence-electron chi connectivity index (χ3n) is 4.47. The predicted molar refractivity (Wildman–Crippen MR) is 121 cm³/mol. The minimum atomic E-state index is -3.77. The standard InChI is InChI=1S/C23H18N4O4S/c28-20-8-4-5-17(13-20)22-24-14-19(15-25-22)26-23(29)16-9-11-21(12-10-16)32(30,31)27-18-6-2-1-3-7-18/h1-15,27-28H,(H,26,29). The summed E-state index contributed by atoms with van der Waals surface area (Å²) >= 11 is 0. The minimum Gasteiger partial charge on any atom is -0.508 e. The number of para-hydroxylation sites is 1. The highest BCUT2D eigenvalue weighted by Gasteiger charge is 2.15. The molecule has 0 bridgehead atoms. The maximum absolute atomic E-state index is 12.5. The smallest absolute Gasteiger partial charge is 0.261 e. The van der Waals surface area contributed by atoms with E-state index in [1.54, 1.807) is 48.5 Å². The summed E-state index contributed by atoms with van der Waals surface area (Å²) in [4.78, 5) is 20.9. The maximum Gasteiger partial charge on any atom is 0.261 e. The Hall–Kier alpha value is -4.24. The fraction of sp³-hybridized carbons (Fsp3) is 0. The molecule has 160 valence electrons. The van der Waals surface area contributed by atoms with E-state index in [9.17, 15) is 18.3 Å². The number of nitrogens with one attached hydrogen (secondary N) is 2. The van der Waals surface area contributed by atoms with Gasteiger partial charge in [0.2, 0.25) is 0 Å². The predicted octanol–water partition coefficient (Wildman–Crippen LogP) is 3.90. The summed E-state index contributed by atoms with van der Waals surface area (Å²) in [5.74, 6) is 0.0750. The number of carbonyl (C=O) groups is 1. The Balaban J connectivity index is 1.44. The van der Waals surface area contributed by atoms with Crippen LogP contribution in [0.25, 0.3) is 11.4 Å². The van der Waals surface area contributed by atoms with E-state index in [1.807, 2.05) is 0 Å². The lowest BCUT2D eigenvalue weighted by molar-refractivity contribution is 0.102. The van der Waals surface area contributed by atoms with Crippen LogP contribution in [0.5, 0.6) is 5.75 Å². The van der Waals surface area contributed by atoms with Crippen molar-refractivity contribution in [2.75, 3.05) is 10.0 Å². The van der Waals surface area contributed by atoms with Crippen molar-refractivity contribution in [3.8, 4) is 17.1 Å². The summed E-state index contributed by atoms with van der Waals surface area (Å²) in [6.07, 6.45) is 2.90. The van der Waals surface area contributed by atoms with Crippen LogP contribution in [0, 0.1) is 0 Å². The number of sulfonamides is 1. The lowest BCUT2D eigenvalue weighted by Crippen LogP contribution is -2.15. The average Bonchev–Trinajstić information content (AvgIpc) is 2.80. The highest BCUT2D eigenvalue weighted by Crippen LogP contribution is 2.21. The van der Waals surface area contributed by atoms with Crippen LogP contribution in [0.15, 0.2) is 96.2 Å².